The highest BCUT2D eigenvalue weighted by Gasteiger charge is 2.09. The van der Waals surface area contributed by atoms with Crippen LogP contribution in [0.15, 0.2) is 5.38 Å². The van der Waals surface area contributed by atoms with Crippen molar-refractivity contribution in [2.75, 3.05) is 7.05 Å². The number of likely N-dealkylation sites (N-methyl/N-ethyl adjacent to an activating group) is 1. The number of aryl methyl sites for hydroxylation is 1. The fourth-order valence-electron chi connectivity index (χ4n) is 2.05. The molecular weight excluding hydrogens is 228 g/mol. The minimum Gasteiger partial charge on any atom is -0.317 e. The van der Waals surface area contributed by atoms with E-state index in [2.05, 4.69) is 36.6 Å². The molecular formula is C14H26N2S. The monoisotopic (exact) mass is 254 g/mol. The van der Waals surface area contributed by atoms with Gasteiger partial charge in [-0.05, 0) is 20.4 Å². The zero-order valence-electron chi connectivity index (χ0n) is 11.5. The number of unbranched alkanes of at least 4 members (excludes halogenated alkanes) is 4. The quantitative estimate of drug-likeness (QED) is 0.675. The van der Waals surface area contributed by atoms with Gasteiger partial charge in [0.1, 0.15) is 0 Å². The number of nitrogens with one attached hydrogen (secondary N) is 1. The van der Waals surface area contributed by atoms with Crippen molar-refractivity contribution in [2.24, 2.45) is 0 Å². The SMILES string of the molecule is CCCCCCCC(Cc1nc(C)cs1)NC. The summed E-state index contributed by atoms with van der Waals surface area (Å²) < 4.78 is 0. The Bertz CT molecular complexity index is 296. The summed E-state index contributed by atoms with van der Waals surface area (Å²) in [6.45, 7) is 4.33. The molecule has 1 atom stereocenters. The maximum Gasteiger partial charge on any atom is 0.0943 e. The molecule has 1 rings (SSSR count). The van der Waals surface area contributed by atoms with Gasteiger partial charge in [-0.3, -0.25) is 0 Å². The Morgan fingerprint density at radius 3 is 2.65 bits per heavy atom. The maximum atomic E-state index is 4.53. The molecule has 1 unspecified atom stereocenters. The van der Waals surface area contributed by atoms with Crippen molar-refractivity contribution in [1.29, 1.82) is 0 Å². The first-order valence-corrected chi connectivity index (χ1v) is 7.72. The van der Waals surface area contributed by atoms with E-state index in [1.165, 1.54) is 43.5 Å². The van der Waals surface area contributed by atoms with E-state index in [9.17, 15) is 0 Å². The van der Waals surface area contributed by atoms with Crippen molar-refractivity contribution in [3.63, 3.8) is 0 Å². The summed E-state index contributed by atoms with van der Waals surface area (Å²) in [5, 5.41) is 6.83. The highest BCUT2D eigenvalue weighted by molar-refractivity contribution is 7.09. The standard InChI is InChI=1S/C14H26N2S/c1-4-5-6-7-8-9-13(15-3)10-14-16-12(2)11-17-14/h11,13,15H,4-10H2,1-3H3. The van der Waals surface area contributed by atoms with Gasteiger partial charge in [-0.2, -0.15) is 0 Å². The molecule has 0 aliphatic rings. The van der Waals surface area contributed by atoms with Gasteiger partial charge in [0.2, 0.25) is 0 Å². The minimum absolute atomic E-state index is 0.599. The van der Waals surface area contributed by atoms with E-state index in [1.807, 2.05) is 0 Å². The van der Waals surface area contributed by atoms with Gasteiger partial charge in [-0.15, -0.1) is 11.3 Å². The second-order valence-corrected chi connectivity index (χ2v) is 5.72. The smallest absolute Gasteiger partial charge is 0.0943 e. The lowest BCUT2D eigenvalue weighted by molar-refractivity contribution is 0.481. The van der Waals surface area contributed by atoms with Crippen LogP contribution in [0.25, 0.3) is 0 Å². The second-order valence-electron chi connectivity index (χ2n) is 4.78. The van der Waals surface area contributed by atoms with Gasteiger partial charge in [0.15, 0.2) is 0 Å². The molecule has 98 valence electrons. The molecule has 0 aromatic carbocycles. The molecule has 0 aliphatic carbocycles. The minimum atomic E-state index is 0.599. The molecule has 0 bridgehead atoms. The summed E-state index contributed by atoms with van der Waals surface area (Å²) in [5.74, 6) is 0. The molecule has 1 aromatic heterocycles. The van der Waals surface area contributed by atoms with Crippen LogP contribution in [0.1, 0.15) is 56.2 Å². The summed E-state index contributed by atoms with van der Waals surface area (Å²) in [4.78, 5) is 4.53. The lowest BCUT2D eigenvalue weighted by Gasteiger charge is -2.14. The average Bonchev–Trinajstić information content (AvgIpc) is 2.73. The van der Waals surface area contributed by atoms with Crippen LogP contribution < -0.4 is 5.32 Å². The second kappa shape index (κ2) is 8.65. The summed E-state index contributed by atoms with van der Waals surface area (Å²) in [7, 11) is 2.07. The molecule has 1 heterocycles. The summed E-state index contributed by atoms with van der Waals surface area (Å²) in [6.07, 6.45) is 9.19. The van der Waals surface area contributed by atoms with Crippen LogP contribution in [-0.2, 0) is 6.42 Å². The predicted octanol–water partition coefficient (Wildman–Crippen LogP) is 3.94. The van der Waals surface area contributed by atoms with Gasteiger partial charge < -0.3 is 5.32 Å². The first-order valence-electron chi connectivity index (χ1n) is 6.84. The first-order chi connectivity index (χ1) is 8.26. The van der Waals surface area contributed by atoms with Gasteiger partial charge in [0.05, 0.1) is 5.01 Å². The number of aromatic nitrogens is 1. The van der Waals surface area contributed by atoms with E-state index >= 15 is 0 Å². The summed E-state index contributed by atoms with van der Waals surface area (Å²) in [5.41, 5.74) is 1.16. The normalized spacial score (nSPS) is 12.9. The van der Waals surface area contributed by atoms with Gasteiger partial charge in [-0.1, -0.05) is 39.0 Å². The Morgan fingerprint density at radius 1 is 1.29 bits per heavy atom. The topological polar surface area (TPSA) is 24.9 Å². The van der Waals surface area contributed by atoms with Crippen LogP contribution >= 0.6 is 11.3 Å². The van der Waals surface area contributed by atoms with E-state index in [-0.39, 0.29) is 0 Å². The van der Waals surface area contributed by atoms with Crippen LogP contribution in [0.3, 0.4) is 0 Å². The van der Waals surface area contributed by atoms with Crippen molar-refractivity contribution in [3.05, 3.63) is 16.1 Å². The fraction of sp³-hybridized carbons (Fsp3) is 0.786. The third kappa shape index (κ3) is 6.18. The van der Waals surface area contributed by atoms with E-state index in [1.54, 1.807) is 11.3 Å². The molecule has 0 saturated carbocycles. The molecule has 1 aromatic rings. The average molecular weight is 254 g/mol. The molecule has 1 N–H and O–H groups in total. The summed E-state index contributed by atoms with van der Waals surface area (Å²) >= 11 is 1.79. The predicted molar refractivity (Wildman–Crippen MR) is 76.8 cm³/mol. The number of hydrogen-bond donors (Lipinski definition) is 1. The van der Waals surface area contributed by atoms with Crippen LogP contribution in [0, 0.1) is 6.92 Å². The highest BCUT2D eigenvalue weighted by Crippen LogP contribution is 2.14. The van der Waals surface area contributed by atoms with Gasteiger partial charge in [-0.25, -0.2) is 4.98 Å². The molecule has 2 nitrogen and oxygen atoms in total. The Hall–Kier alpha value is -0.410. The van der Waals surface area contributed by atoms with E-state index in [0.29, 0.717) is 6.04 Å². The van der Waals surface area contributed by atoms with Crippen molar-refractivity contribution in [2.45, 2.75) is 64.8 Å². The zero-order valence-corrected chi connectivity index (χ0v) is 12.3. The van der Waals surface area contributed by atoms with Crippen LogP contribution in [0.5, 0.6) is 0 Å². The number of thiazole rings is 1. The lowest BCUT2D eigenvalue weighted by Crippen LogP contribution is -2.27. The van der Waals surface area contributed by atoms with Gasteiger partial charge in [0, 0.05) is 23.5 Å². The van der Waals surface area contributed by atoms with Crippen LogP contribution in [-0.4, -0.2) is 18.1 Å². The number of rotatable bonds is 9. The third-order valence-corrected chi connectivity index (χ3v) is 4.14. The van der Waals surface area contributed by atoms with Gasteiger partial charge in [0.25, 0.3) is 0 Å². The fourth-order valence-corrected chi connectivity index (χ4v) is 2.90. The Labute approximate surface area is 110 Å². The largest absolute Gasteiger partial charge is 0.317 e. The first kappa shape index (κ1) is 14.7. The van der Waals surface area contributed by atoms with Crippen LogP contribution in [0.4, 0.5) is 0 Å². The van der Waals surface area contributed by atoms with Crippen molar-refractivity contribution < 1.29 is 0 Å². The van der Waals surface area contributed by atoms with Crippen molar-refractivity contribution >= 4 is 11.3 Å². The third-order valence-electron chi connectivity index (χ3n) is 3.15. The Morgan fingerprint density at radius 2 is 2.06 bits per heavy atom. The molecule has 0 spiro atoms. The lowest BCUT2D eigenvalue weighted by atomic mass is 10.0. The number of hydrogen-bond acceptors (Lipinski definition) is 3. The zero-order chi connectivity index (χ0) is 12.5. The van der Waals surface area contributed by atoms with Crippen molar-refractivity contribution in [1.82, 2.24) is 10.3 Å². The molecule has 3 heteroatoms. The molecule has 0 aliphatic heterocycles. The van der Waals surface area contributed by atoms with E-state index in [4.69, 9.17) is 0 Å². The Kier molecular flexibility index (Phi) is 7.45. The molecule has 0 fully saturated rings. The number of nitrogens with zero attached hydrogens (tertiary/aromatic N) is 1. The van der Waals surface area contributed by atoms with Crippen molar-refractivity contribution in [3.8, 4) is 0 Å². The van der Waals surface area contributed by atoms with Crippen LogP contribution in [0.2, 0.25) is 0 Å². The molecule has 0 amide bonds. The highest BCUT2D eigenvalue weighted by atomic mass is 32.1. The van der Waals surface area contributed by atoms with E-state index < -0.39 is 0 Å². The van der Waals surface area contributed by atoms with Gasteiger partial charge >= 0.3 is 0 Å². The molecule has 0 radical (unpaired) electrons. The summed E-state index contributed by atoms with van der Waals surface area (Å²) in [6, 6.07) is 0.599. The van der Waals surface area contributed by atoms with E-state index in [0.717, 1.165) is 12.1 Å². The Balaban J connectivity index is 2.19. The molecule has 0 saturated heterocycles. The molecule has 17 heavy (non-hydrogen) atoms. The maximum absolute atomic E-state index is 4.53.